The van der Waals surface area contributed by atoms with Gasteiger partial charge in [-0.2, -0.15) is 10.1 Å². The largest absolute Gasteiger partial charge is 0.435 e. The molecular weight excluding hydrogens is 254 g/mol. The molecule has 6 nitrogen and oxygen atoms in total. The molecule has 0 spiro atoms. The highest BCUT2D eigenvalue weighted by molar-refractivity contribution is 5.49. The lowest BCUT2D eigenvalue weighted by Crippen LogP contribution is -2.07. The van der Waals surface area contributed by atoms with Crippen LogP contribution in [0.1, 0.15) is 31.7 Å². The lowest BCUT2D eigenvalue weighted by Gasteiger charge is -2.12. The molecule has 1 N–H and O–H groups in total. The molecule has 0 fully saturated rings. The minimum absolute atomic E-state index is 0.590. The smallest absolute Gasteiger partial charge is 0.227 e. The summed E-state index contributed by atoms with van der Waals surface area (Å²) in [7, 11) is 1.85. The standard InChI is InChI=1S/C14H21N5O/c1-5-7-12-17-13(15-6-2)10(3)14(18-12)20-11-8-16-19(4)9-11/h8-9H,5-7H2,1-4H3,(H,15,17,18). The van der Waals surface area contributed by atoms with Crippen molar-refractivity contribution in [3.63, 3.8) is 0 Å². The van der Waals surface area contributed by atoms with Crippen LogP contribution < -0.4 is 10.1 Å². The van der Waals surface area contributed by atoms with Crippen molar-refractivity contribution >= 4 is 5.82 Å². The van der Waals surface area contributed by atoms with E-state index in [2.05, 4.69) is 27.3 Å². The number of hydrogen-bond donors (Lipinski definition) is 1. The average molecular weight is 275 g/mol. The van der Waals surface area contributed by atoms with E-state index in [4.69, 9.17) is 4.74 Å². The summed E-state index contributed by atoms with van der Waals surface area (Å²) in [4.78, 5) is 9.04. The molecule has 0 aliphatic heterocycles. The van der Waals surface area contributed by atoms with Crippen molar-refractivity contribution in [2.75, 3.05) is 11.9 Å². The molecule has 20 heavy (non-hydrogen) atoms. The second kappa shape index (κ2) is 6.36. The van der Waals surface area contributed by atoms with Gasteiger partial charge in [-0.25, -0.2) is 4.98 Å². The Balaban J connectivity index is 2.33. The van der Waals surface area contributed by atoms with Crippen LogP contribution in [0, 0.1) is 6.92 Å². The summed E-state index contributed by atoms with van der Waals surface area (Å²) in [5.74, 6) is 2.91. The van der Waals surface area contributed by atoms with Gasteiger partial charge in [-0.05, 0) is 20.3 Å². The molecule has 0 aromatic carbocycles. The van der Waals surface area contributed by atoms with E-state index in [-0.39, 0.29) is 0 Å². The zero-order chi connectivity index (χ0) is 14.5. The molecule has 0 saturated carbocycles. The van der Waals surface area contributed by atoms with E-state index in [9.17, 15) is 0 Å². The summed E-state index contributed by atoms with van der Waals surface area (Å²) < 4.78 is 7.53. The van der Waals surface area contributed by atoms with Gasteiger partial charge >= 0.3 is 0 Å². The van der Waals surface area contributed by atoms with E-state index in [0.29, 0.717) is 11.6 Å². The maximum Gasteiger partial charge on any atom is 0.227 e. The van der Waals surface area contributed by atoms with E-state index in [0.717, 1.165) is 36.6 Å². The average Bonchev–Trinajstić information content (AvgIpc) is 2.81. The van der Waals surface area contributed by atoms with Gasteiger partial charge in [-0.1, -0.05) is 6.92 Å². The van der Waals surface area contributed by atoms with E-state index in [1.54, 1.807) is 10.9 Å². The number of anilines is 1. The Hall–Kier alpha value is -2.11. The van der Waals surface area contributed by atoms with Crippen LogP contribution in [0.3, 0.4) is 0 Å². The zero-order valence-corrected chi connectivity index (χ0v) is 12.5. The summed E-state index contributed by atoms with van der Waals surface area (Å²) in [5.41, 5.74) is 0.913. The Morgan fingerprint density at radius 2 is 2.10 bits per heavy atom. The fourth-order valence-electron chi connectivity index (χ4n) is 1.88. The third-order valence-corrected chi connectivity index (χ3v) is 2.86. The van der Waals surface area contributed by atoms with Gasteiger partial charge in [0.15, 0.2) is 5.75 Å². The fraction of sp³-hybridized carbons (Fsp3) is 0.500. The van der Waals surface area contributed by atoms with Crippen molar-refractivity contribution in [3.8, 4) is 11.6 Å². The molecule has 2 aromatic rings. The fourth-order valence-corrected chi connectivity index (χ4v) is 1.88. The number of ether oxygens (including phenoxy) is 1. The molecule has 6 heteroatoms. The van der Waals surface area contributed by atoms with Crippen LogP contribution >= 0.6 is 0 Å². The minimum atomic E-state index is 0.590. The van der Waals surface area contributed by atoms with Crippen LogP contribution in [0.15, 0.2) is 12.4 Å². The summed E-state index contributed by atoms with van der Waals surface area (Å²) >= 11 is 0. The van der Waals surface area contributed by atoms with Crippen molar-refractivity contribution < 1.29 is 4.74 Å². The SMILES string of the molecule is CCCc1nc(NCC)c(C)c(Oc2cnn(C)c2)n1. The van der Waals surface area contributed by atoms with E-state index >= 15 is 0 Å². The zero-order valence-electron chi connectivity index (χ0n) is 12.5. The second-order valence-electron chi connectivity index (χ2n) is 4.65. The molecule has 0 atom stereocenters. The van der Waals surface area contributed by atoms with Crippen molar-refractivity contribution in [1.29, 1.82) is 0 Å². The van der Waals surface area contributed by atoms with Crippen molar-refractivity contribution in [1.82, 2.24) is 19.7 Å². The molecule has 0 aliphatic carbocycles. The summed E-state index contributed by atoms with van der Waals surface area (Å²) in [6, 6.07) is 0. The molecule has 2 heterocycles. The summed E-state index contributed by atoms with van der Waals surface area (Å²) in [6.45, 7) is 6.93. The number of hydrogen-bond acceptors (Lipinski definition) is 5. The van der Waals surface area contributed by atoms with Crippen molar-refractivity contribution in [2.45, 2.75) is 33.6 Å². The highest BCUT2D eigenvalue weighted by Crippen LogP contribution is 2.27. The molecule has 0 saturated heterocycles. The molecule has 0 radical (unpaired) electrons. The highest BCUT2D eigenvalue weighted by Gasteiger charge is 2.13. The maximum absolute atomic E-state index is 5.83. The van der Waals surface area contributed by atoms with Crippen molar-refractivity contribution in [2.24, 2.45) is 7.05 Å². The number of nitrogens with one attached hydrogen (secondary N) is 1. The molecular formula is C14H21N5O. The number of aryl methyl sites for hydroxylation is 2. The lowest BCUT2D eigenvalue weighted by molar-refractivity contribution is 0.454. The molecule has 0 amide bonds. The second-order valence-corrected chi connectivity index (χ2v) is 4.65. The van der Waals surface area contributed by atoms with Gasteiger partial charge < -0.3 is 10.1 Å². The molecule has 2 rings (SSSR count). The highest BCUT2D eigenvalue weighted by atomic mass is 16.5. The maximum atomic E-state index is 5.83. The monoisotopic (exact) mass is 275 g/mol. The predicted octanol–water partition coefficient (Wildman–Crippen LogP) is 2.70. The quantitative estimate of drug-likeness (QED) is 0.878. The molecule has 108 valence electrons. The minimum Gasteiger partial charge on any atom is -0.435 e. The van der Waals surface area contributed by atoms with Gasteiger partial charge in [0.05, 0.1) is 18.0 Å². The van der Waals surface area contributed by atoms with Crippen LogP contribution in [-0.2, 0) is 13.5 Å². The van der Waals surface area contributed by atoms with Crippen LogP contribution in [0.25, 0.3) is 0 Å². The Kier molecular flexibility index (Phi) is 4.55. The van der Waals surface area contributed by atoms with Gasteiger partial charge in [0.25, 0.3) is 0 Å². The van der Waals surface area contributed by atoms with Crippen LogP contribution in [0.5, 0.6) is 11.6 Å². The Morgan fingerprint density at radius 3 is 2.70 bits per heavy atom. The van der Waals surface area contributed by atoms with Gasteiger partial charge in [0.1, 0.15) is 11.6 Å². The molecule has 0 aliphatic rings. The van der Waals surface area contributed by atoms with E-state index < -0.39 is 0 Å². The van der Waals surface area contributed by atoms with E-state index in [1.807, 2.05) is 27.1 Å². The van der Waals surface area contributed by atoms with Crippen LogP contribution in [0.2, 0.25) is 0 Å². The van der Waals surface area contributed by atoms with Crippen LogP contribution in [-0.4, -0.2) is 26.3 Å². The third kappa shape index (κ3) is 3.26. The van der Waals surface area contributed by atoms with Crippen molar-refractivity contribution in [3.05, 3.63) is 23.8 Å². The predicted molar refractivity (Wildman–Crippen MR) is 78.2 cm³/mol. The van der Waals surface area contributed by atoms with Gasteiger partial charge in [0, 0.05) is 20.0 Å². The first kappa shape index (κ1) is 14.3. The summed E-state index contributed by atoms with van der Waals surface area (Å²) in [5, 5.41) is 7.35. The number of rotatable bonds is 6. The van der Waals surface area contributed by atoms with Gasteiger partial charge in [-0.3, -0.25) is 4.68 Å². The molecule has 2 aromatic heterocycles. The molecule has 0 bridgehead atoms. The molecule has 0 unspecified atom stereocenters. The van der Waals surface area contributed by atoms with Gasteiger partial charge in [0.2, 0.25) is 5.88 Å². The Bertz CT molecular complexity index is 579. The Labute approximate surface area is 119 Å². The lowest BCUT2D eigenvalue weighted by atomic mass is 10.2. The van der Waals surface area contributed by atoms with E-state index in [1.165, 1.54) is 0 Å². The first-order chi connectivity index (χ1) is 9.63. The van der Waals surface area contributed by atoms with Gasteiger partial charge in [-0.15, -0.1) is 0 Å². The number of aromatic nitrogens is 4. The third-order valence-electron chi connectivity index (χ3n) is 2.86. The Morgan fingerprint density at radius 1 is 1.30 bits per heavy atom. The topological polar surface area (TPSA) is 64.9 Å². The summed E-state index contributed by atoms with van der Waals surface area (Å²) in [6.07, 6.45) is 5.32. The first-order valence-electron chi connectivity index (χ1n) is 6.91. The van der Waals surface area contributed by atoms with Crippen LogP contribution in [0.4, 0.5) is 5.82 Å². The normalized spacial score (nSPS) is 10.6. The number of nitrogens with zero attached hydrogens (tertiary/aromatic N) is 4. The first-order valence-corrected chi connectivity index (χ1v) is 6.91.